The Morgan fingerprint density at radius 2 is 0.941 bits per heavy atom. The predicted molar refractivity (Wildman–Crippen MR) is 344 cm³/mol. The normalized spacial score (nSPS) is 28.0. The van der Waals surface area contributed by atoms with Crippen molar-refractivity contribution < 1.29 is 107 Å². The number of ether oxygens (including phenoxy) is 12. The molecule has 6 aliphatic heterocycles. The number of imide groups is 2. The Bertz CT molecular complexity index is 4180. The van der Waals surface area contributed by atoms with Crippen LogP contribution in [0.1, 0.15) is 82.5 Å². The van der Waals surface area contributed by atoms with E-state index in [1.807, 2.05) is 0 Å². The number of azide groups is 1. The molecule has 0 aromatic heterocycles. The fourth-order valence-corrected chi connectivity index (χ4v) is 13.8. The van der Waals surface area contributed by atoms with Crippen LogP contribution in [-0.4, -0.2) is 165 Å². The lowest BCUT2D eigenvalue weighted by Gasteiger charge is -2.53. The van der Waals surface area contributed by atoms with E-state index < -0.39 is 170 Å². The van der Waals surface area contributed by atoms with Crippen LogP contribution < -0.4 is 0 Å². The zero-order valence-corrected chi connectivity index (χ0v) is 54.5. The molecule has 4 saturated heterocycles. The molecule has 0 saturated carbocycles. The van der Waals surface area contributed by atoms with Gasteiger partial charge in [0.25, 0.3) is 23.6 Å². The maximum absolute atomic E-state index is 15.6. The number of amides is 4. The Labute approximate surface area is 576 Å². The first-order valence-corrected chi connectivity index (χ1v) is 33.6. The molecule has 101 heavy (non-hydrogen) atoms. The highest BCUT2D eigenvalue weighted by Gasteiger charge is 2.63. The summed E-state index contributed by atoms with van der Waals surface area (Å²) < 4.78 is 157. The van der Waals surface area contributed by atoms with Gasteiger partial charge in [0.05, 0.1) is 68.5 Å². The van der Waals surface area contributed by atoms with Crippen LogP contribution in [0.3, 0.4) is 0 Å². The van der Waals surface area contributed by atoms with Gasteiger partial charge in [-0.15, -0.1) is 0 Å². The van der Waals surface area contributed by atoms with Gasteiger partial charge in [-0.05, 0) is 52.1 Å². The zero-order chi connectivity index (χ0) is 70.4. The Morgan fingerprint density at radius 3 is 1.40 bits per heavy atom. The lowest BCUT2D eigenvalue weighted by molar-refractivity contribution is -0.386. The van der Waals surface area contributed by atoms with E-state index in [0.717, 1.165) is 16.7 Å². The highest BCUT2D eigenvalue weighted by atomic mass is 32.2. The lowest BCUT2D eigenvalue weighted by atomic mass is 9.92. The molecule has 16 atom stereocenters. The molecule has 4 fully saturated rings. The highest BCUT2D eigenvalue weighted by Crippen LogP contribution is 2.45. The molecule has 6 heterocycles. The molecule has 0 radical (unpaired) electrons. The fraction of sp³-hybridized carbons (Fsp3) is 0.347. The van der Waals surface area contributed by atoms with Crippen LogP contribution in [0.4, 0.5) is 13.2 Å². The number of hydrogen-bond acceptors (Lipinski definition) is 21. The molecule has 7 aromatic carbocycles. The van der Waals surface area contributed by atoms with Crippen molar-refractivity contribution in [1.29, 1.82) is 0 Å². The third-order valence-corrected chi connectivity index (χ3v) is 18.8. The molecule has 25 nitrogen and oxygen atoms in total. The number of halogens is 3. The van der Waals surface area contributed by atoms with Gasteiger partial charge < -0.3 is 56.8 Å². The number of carbonyl (C=O) groups is 5. The van der Waals surface area contributed by atoms with Crippen LogP contribution >= 0.6 is 0 Å². The van der Waals surface area contributed by atoms with Gasteiger partial charge >= 0.3 is 21.6 Å². The van der Waals surface area contributed by atoms with Gasteiger partial charge in [-0.2, -0.15) is 21.6 Å². The molecule has 0 spiro atoms. The number of esters is 1. The van der Waals surface area contributed by atoms with Gasteiger partial charge in [-0.25, -0.2) is 0 Å². The maximum Gasteiger partial charge on any atom is 0.523 e. The van der Waals surface area contributed by atoms with E-state index >= 15 is 9.59 Å². The molecular formula is C72H66F3N5O20S. The van der Waals surface area contributed by atoms with Crippen molar-refractivity contribution >= 4 is 39.7 Å². The van der Waals surface area contributed by atoms with E-state index in [0.29, 0.717) is 27.8 Å². The van der Waals surface area contributed by atoms with E-state index in [2.05, 4.69) is 10.0 Å². The van der Waals surface area contributed by atoms with E-state index in [-0.39, 0.29) is 42.1 Å². The molecule has 4 amide bonds. The molecule has 29 heteroatoms. The summed E-state index contributed by atoms with van der Waals surface area (Å²) in [5, 5.41) is 4.05. The van der Waals surface area contributed by atoms with Crippen molar-refractivity contribution in [3.05, 3.63) is 261 Å². The summed E-state index contributed by atoms with van der Waals surface area (Å²) in [6.45, 7) is -1.44. The summed E-state index contributed by atoms with van der Waals surface area (Å²) in [5.41, 5.74) is 6.82. The first kappa shape index (κ1) is 70.3. The van der Waals surface area contributed by atoms with E-state index in [4.69, 9.17) is 61.0 Å². The van der Waals surface area contributed by atoms with Gasteiger partial charge in [-0.1, -0.05) is 181 Å². The largest absolute Gasteiger partial charge is 0.523 e. The molecule has 13 rings (SSSR count). The van der Waals surface area contributed by atoms with Crippen molar-refractivity contribution in [2.24, 2.45) is 5.11 Å². The topological polar surface area (TPSA) is 295 Å². The number of benzene rings is 7. The average molecular weight is 1410 g/mol. The smallest absolute Gasteiger partial charge is 0.457 e. The second-order valence-corrected chi connectivity index (χ2v) is 25.9. The number of alkyl halides is 3. The van der Waals surface area contributed by atoms with Crippen LogP contribution in [0.25, 0.3) is 10.4 Å². The van der Waals surface area contributed by atoms with Crippen molar-refractivity contribution in [2.75, 3.05) is 19.8 Å². The predicted octanol–water partition coefficient (Wildman–Crippen LogP) is 9.46. The monoisotopic (exact) mass is 1410 g/mol. The van der Waals surface area contributed by atoms with Gasteiger partial charge in [-0.3, -0.25) is 38.0 Å². The third kappa shape index (κ3) is 15.3. The second-order valence-electron chi connectivity index (χ2n) is 24.3. The second kappa shape index (κ2) is 31.0. The van der Waals surface area contributed by atoms with Crippen molar-refractivity contribution in [2.45, 2.75) is 137 Å². The van der Waals surface area contributed by atoms with Gasteiger partial charge in [0.1, 0.15) is 60.9 Å². The van der Waals surface area contributed by atoms with Gasteiger partial charge in [0.15, 0.2) is 37.3 Å². The standard InChI is InChI=1S/C72H66F3N5O20S/c1-42(81)93-62-59-54(41-92-69(97-59)47-29-15-6-16-30-47)96-71(63(62)100-101(86,87)72(73,74)75)99-58-53(40-89-36-44-23-9-3-10-24-44)95-70(56(61(58)91-38-46-27-13-5-14-28-46)80-67(84)50-33-19-20-34-51(50)68(80)85)98-57-52(39-88-35-43-21-7-2-8-22-43)94-64(77-78-76)55(60(57)90-37-45-25-11-4-12-26-45)79-65(82)48-31-17-18-32-49(48)66(79)83/h2-34,52-64,69-71H,35-41H2,1H3/t52-,53-,54-,55-,56-,57-,58-,59-,60-,61-,62+,63-,64-,69?,70+,71+/m1/s1. The van der Waals surface area contributed by atoms with Crippen LogP contribution in [-0.2, 0) is 102 Å². The van der Waals surface area contributed by atoms with Crippen LogP contribution in [0.5, 0.6) is 0 Å². The van der Waals surface area contributed by atoms with Gasteiger partial charge in [0, 0.05) is 17.4 Å². The Hall–Kier alpha value is -9.14. The third-order valence-electron chi connectivity index (χ3n) is 17.8. The number of rotatable bonds is 25. The molecule has 6 aliphatic rings. The summed E-state index contributed by atoms with van der Waals surface area (Å²) in [6, 6.07) is 51.4. The minimum Gasteiger partial charge on any atom is -0.457 e. The fourth-order valence-electron chi connectivity index (χ4n) is 13.2. The first-order chi connectivity index (χ1) is 48.9. The van der Waals surface area contributed by atoms with Crippen LogP contribution in [0, 0.1) is 0 Å². The number of carbonyl (C=O) groups excluding carboxylic acids is 5. The number of nitrogens with zero attached hydrogens (tertiary/aromatic N) is 5. The summed E-state index contributed by atoms with van der Waals surface area (Å²) in [4.78, 5) is 79.1. The summed E-state index contributed by atoms with van der Waals surface area (Å²) >= 11 is 0. The summed E-state index contributed by atoms with van der Waals surface area (Å²) in [5.74, 6) is -4.67. The molecule has 526 valence electrons. The van der Waals surface area contributed by atoms with Gasteiger partial charge in [0.2, 0.25) is 0 Å². The zero-order valence-electron chi connectivity index (χ0n) is 53.7. The van der Waals surface area contributed by atoms with Crippen molar-refractivity contribution in [3.63, 3.8) is 0 Å². The maximum atomic E-state index is 15.6. The van der Waals surface area contributed by atoms with Crippen molar-refractivity contribution in [1.82, 2.24) is 9.80 Å². The minimum atomic E-state index is -6.70. The minimum absolute atomic E-state index is 0.00548. The van der Waals surface area contributed by atoms with Crippen LogP contribution in [0.15, 0.2) is 205 Å². The molecule has 1 unspecified atom stereocenters. The molecule has 0 bridgehead atoms. The first-order valence-electron chi connectivity index (χ1n) is 32.2. The van der Waals surface area contributed by atoms with E-state index in [1.54, 1.807) is 164 Å². The molecular weight excluding hydrogens is 1340 g/mol. The molecule has 0 aliphatic carbocycles. The molecule has 0 N–H and O–H groups in total. The van der Waals surface area contributed by atoms with E-state index in [9.17, 15) is 41.5 Å². The Morgan fingerprint density at radius 1 is 0.525 bits per heavy atom. The Balaban J connectivity index is 0.982. The quantitative estimate of drug-likeness (QED) is 0.00978. The van der Waals surface area contributed by atoms with Crippen LogP contribution in [0.2, 0.25) is 0 Å². The average Bonchev–Trinajstić information content (AvgIpc) is 1.73. The van der Waals surface area contributed by atoms with E-state index in [1.165, 1.54) is 36.4 Å². The SMILES string of the molecule is CC(=O)O[C@@H]1[C@@H](OS(=O)(=O)C(F)(F)F)[C@H](O[C@H]2[C@H](OCc3ccccc3)[C@@H](N3C(=O)c4ccccc4C3=O)[C@H](O[C@H]3[C@H](OCc4ccccc4)[C@@H](N4C(=O)c5ccccc5C4=O)[C@H](N=[N+]=[N-])O[C@@H]3COCc3ccccc3)O[C@@H]2COCc2ccccc2)O[C@@H]2COC(c3ccccc3)O[C@@H]12. The molecule has 7 aromatic rings. The lowest BCUT2D eigenvalue weighted by Crippen LogP contribution is -2.71. The number of fused-ring (bicyclic) bond motifs is 3. The summed E-state index contributed by atoms with van der Waals surface area (Å²) in [7, 11) is -6.70. The highest BCUT2D eigenvalue weighted by molar-refractivity contribution is 7.87. The number of hydrogen-bond donors (Lipinski definition) is 0. The van der Waals surface area contributed by atoms with Crippen molar-refractivity contribution in [3.8, 4) is 0 Å². The summed E-state index contributed by atoms with van der Waals surface area (Å²) in [6.07, 6.45) is -25.7. The Kier molecular flexibility index (Phi) is 21.6.